The lowest BCUT2D eigenvalue weighted by Crippen LogP contribution is -1.97. The molecule has 0 saturated carbocycles. The average Bonchev–Trinajstić information content (AvgIpc) is 3.60. The maximum absolute atomic E-state index is 6.29. The topological polar surface area (TPSA) is 43.3 Å². The molecule has 0 bridgehead atoms. The Morgan fingerprint density at radius 3 is 2.20 bits per heavy atom. The van der Waals surface area contributed by atoms with Crippen molar-refractivity contribution in [3.8, 4) is 22.5 Å². The van der Waals surface area contributed by atoms with E-state index in [1.165, 1.54) is 16.3 Å². The average molecular weight is 518 g/mol. The Labute approximate surface area is 231 Å². The summed E-state index contributed by atoms with van der Waals surface area (Å²) in [6.07, 6.45) is 1.05. The molecule has 0 radical (unpaired) electrons. The van der Waals surface area contributed by atoms with Gasteiger partial charge in [-0.2, -0.15) is 0 Å². The molecule has 0 spiro atoms. The molecule has 3 heterocycles. The molecule has 0 aliphatic heterocycles. The van der Waals surface area contributed by atoms with Crippen LogP contribution in [0.3, 0.4) is 0 Å². The fraction of sp³-hybridized carbons (Fsp3) is 0.111. The smallest absolute Gasteiger partial charge is 0.169 e. The van der Waals surface area contributed by atoms with Gasteiger partial charge >= 0.3 is 0 Å². The van der Waals surface area contributed by atoms with Crippen LogP contribution >= 0.6 is 0 Å². The van der Waals surface area contributed by atoms with Crippen LogP contribution in [0.5, 0.6) is 0 Å². The van der Waals surface area contributed by atoms with E-state index in [1.807, 2.05) is 12.1 Å². The van der Waals surface area contributed by atoms with Gasteiger partial charge in [0.1, 0.15) is 11.2 Å². The molecule has 3 aromatic heterocycles. The van der Waals surface area contributed by atoms with Crippen molar-refractivity contribution in [1.29, 1.82) is 0 Å². The van der Waals surface area contributed by atoms with Crippen LogP contribution in [0.25, 0.3) is 71.8 Å². The van der Waals surface area contributed by atoms with Crippen LogP contribution in [0, 0.1) is 5.92 Å². The highest BCUT2D eigenvalue weighted by atomic mass is 16.3. The molecule has 0 aliphatic rings. The van der Waals surface area contributed by atoms with E-state index < -0.39 is 0 Å². The maximum atomic E-state index is 6.29. The van der Waals surface area contributed by atoms with E-state index in [2.05, 4.69) is 120 Å². The highest BCUT2D eigenvalue weighted by Crippen LogP contribution is 2.37. The molecule has 5 aromatic carbocycles. The zero-order valence-electron chi connectivity index (χ0n) is 22.4. The molecule has 8 rings (SSSR count). The van der Waals surface area contributed by atoms with Crippen molar-refractivity contribution in [2.75, 3.05) is 0 Å². The first-order valence-electron chi connectivity index (χ1n) is 13.9. The van der Waals surface area contributed by atoms with Crippen LogP contribution in [0.1, 0.15) is 19.4 Å². The van der Waals surface area contributed by atoms with Gasteiger partial charge in [-0.25, -0.2) is 0 Å². The summed E-state index contributed by atoms with van der Waals surface area (Å²) in [4.78, 5) is 0. The molecular weight excluding hydrogens is 490 g/mol. The molecule has 0 atom stereocenters. The number of hydrogen-bond acceptors (Lipinski definition) is 3. The van der Waals surface area contributed by atoms with Crippen LogP contribution in [-0.4, -0.2) is 14.6 Å². The second-order valence-corrected chi connectivity index (χ2v) is 11.0. The van der Waals surface area contributed by atoms with Gasteiger partial charge in [0.2, 0.25) is 0 Å². The van der Waals surface area contributed by atoms with E-state index in [1.54, 1.807) is 0 Å². The Morgan fingerprint density at radius 2 is 1.38 bits per heavy atom. The summed E-state index contributed by atoms with van der Waals surface area (Å²) in [6.45, 7) is 4.53. The van der Waals surface area contributed by atoms with Crippen molar-refractivity contribution < 1.29 is 4.42 Å². The number of rotatable bonds is 4. The molecule has 4 heteroatoms. The van der Waals surface area contributed by atoms with Gasteiger partial charge in [-0.1, -0.05) is 105 Å². The van der Waals surface area contributed by atoms with Crippen molar-refractivity contribution in [3.63, 3.8) is 0 Å². The fourth-order valence-electron chi connectivity index (χ4n) is 6.15. The SMILES string of the molecule is CC(C)Cc1ccc2c(c1)c1ccccc1c1nnc(-c3ccc(-c4cccc5c4oc4ccccc45)cc3)n21. The van der Waals surface area contributed by atoms with Crippen LogP contribution < -0.4 is 0 Å². The second kappa shape index (κ2) is 8.78. The molecule has 0 N–H and O–H groups in total. The molecule has 0 amide bonds. The van der Waals surface area contributed by atoms with E-state index in [4.69, 9.17) is 9.52 Å². The minimum atomic E-state index is 0.599. The molecule has 192 valence electrons. The van der Waals surface area contributed by atoms with E-state index in [-0.39, 0.29) is 0 Å². The third kappa shape index (κ3) is 3.46. The lowest BCUT2D eigenvalue weighted by atomic mass is 9.98. The predicted molar refractivity (Wildman–Crippen MR) is 165 cm³/mol. The van der Waals surface area contributed by atoms with Gasteiger partial charge < -0.3 is 4.42 Å². The van der Waals surface area contributed by atoms with E-state index in [0.29, 0.717) is 5.92 Å². The lowest BCUT2D eigenvalue weighted by Gasteiger charge is -2.12. The van der Waals surface area contributed by atoms with Crippen LogP contribution in [0.4, 0.5) is 0 Å². The normalized spacial score (nSPS) is 12.1. The Bertz CT molecular complexity index is 2220. The van der Waals surface area contributed by atoms with Crippen molar-refractivity contribution in [1.82, 2.24) is 14.6 Å². The number of pyridine rings is 1. The summed E-state index contributed by atoms with van der Waals surface area (Å²) in [5.74, 6) is 1.44. The van der Waals surface area contributed by atoms with Gasteiger partial charge in [-0.15, -0.1) is 10.2 Å². The Hall–Kier alpha value is -4.96. The quantitative estimate of drug-likeness (QED) is 0.218. The fourth-order valence-corrected chi connectivity index (χ4v) is 6.15. The minimum absolute atomic E-state index is 0.599. The molecule has 4 nitrogen and oxygen atoms in total. The third-order valence-electron chi connectivity index (χ3n) is 7.93. The van der Waals surface area contributed by atoms with Crippen molar-refractivity contribution in [3.05, 3.63) is 115 Å². The largest absolute Gasteiger partial charge is 0.455 e. The van der Waals surface area contributed by atoms with E-state index in [0.717, 1.165) is 67.4 Å². The lowest BCUT2D eigenvalue weighted by molar-refractivity contribution is 0.648. The summed E-state index contributed by atoms with van der Waals surface area (Å²) in [5.41, 5.74) is 8.40. The van der Waals surface area contributed by atoms with Crippen molar-refractivity contribution in [2.45, 2.75) is 20.3 Å². The standard InChI is InChI=1S/C36H27N3O/c1-22(2)20-23-14-19-32-31(21-23)27-8-3-4-10-30(27)36-38-37-35(39(32)36)25-17-15-24(16-18-25)26-11-7-12-29-28-9-5-6-13-33(28)40-34(26)29/h3-19,21-22H,20H2,1-2H3. The monoisotopic (exact) mass is 517 g/mol. The molecule has 0 aliphatic carbocycles. The Morgan fingerprint density at radius 1 is 0.650 bits per heavy atom. The summed E-state index contributed by atoms with van der Waals surface area (Å²) in [5, 5.41) is 15.2. The molecule has 8 aromatic rings. The maximum Gasteiger partial charge on any atom is 0.169 e. The van der Waals surface area contributed by atoms with Gasteiger partial charge in [0.05, 0.1) is 5.52 Å². The number of furan rings is 1. The molecule has 0 fully saturated rings. The van der Waals surface area contributed by atoms with Crippen LogP contribution in [-0.2, 0) is 6.42 Å². The first-order chi connectivity index (χ1) is 19.7. The van der Waals surface area contributed by atoms with Gasteiger partial charge in [-0.3, -0.25) is 4.40 Å². The molecular formula is C36H27N3O. The van der Waals surface area contributed by atoms with Crippen LogP contribution in [0.15, 0.2) is 114 Å². The molecule has 0 saturated heterocycles. The predicted octanol–water partition coefficient (Wildman–Crippen LogP) is 9.47. The summed E-state index contributed by atoms with van der Waals surface area (Å²) in [7, 11) is 0. The van der Waals surface area contributed by atoms with E-state index in [9.17, 15) is 0 Å². The zero-order valence-corrected chi connectivity index (χ0v) is 22.4. The van der Waals surface area contributed by atoms with Gasteiger partial charge in [0, 0.05) is 32.7 Å². The number of benzene rings is 5. The second-order valence-electron chi connectivity index (χ2n) is 11.0. The molecule has 40 heavy (non-hydrogen) atoms. The number of nitrogens with zero attached hydrogens (tertiary/aromatic N) is 3. The van der Waals surface area contributed by atoms with Crippen molar-refractivity contribution >= 4 is 49.3 Å². The Balaban J connectivity index is 1.30. The van der Waals surface area contributed by atoms with Crippen LogP contribution in [0.2, 0.25) is 0 Å². The first kappa shape index (κ1) is 23.0. The van der Waals surface area contributed by atoms with Gasteiger partial charge in [-0.05, 0) is 47.1 Å². The number of hydrogen-bond donors (Lipinski definition) is 0. The number of aromatic nitrogens is 3. The molecule has 0 unspecified atom stereocenters. The highest BCUT2D eigenvalue weighted by Gasteiger charge is 2.17. The number of para-hydroxylation sites is 2. The van der Waals surface area contributed by atoms with E-state index >= 15 is 0 Å². The third-order valence-corrected chi connectivity index (χ3v) is 7.93. The summed E-state index contributed by atoms with van der Waals surface area (Å²) in [6, 6.07) is 38.5. The van der Waals surface area contributed by atoms with Crippen molar-refractivity contribution in [2.24, 2.45) is 5.92 Å². The van der Waals surface area contributed by atoms with Gasteiger partial charge in [0.25, 0.3) is 0 Å². The summed E-state index contributed by atoms with van der Waals surface area (Å²) >= 11 is 0. The zero-order chi connectivity index (χ0) is 26.8. The number of fused-ring (bicyclic) bond motifs is 9. The first-order valence-corrected chi connectivity index (χ1v) is 13.9. The minimum Gasteiger partial charge on any atom is -0.455 e. The Kier molecular flexibility index (Phi) is 5.05. The van der Waals surface area contributed by atoms with Gasteiger partial charge in [0.15, 0.2) is 11.5 Å². The highest BCUT2D eigenvalue weighted by molar-refractivity contribution is 6.12. The summed E-state index contributed by atoms with van der Waals surface area (Å²) < 4.78 is 8.51.